The van der Waals surface area contributed by atoms with Crippen LogP contribution >= 0.6 is 0 Å². The van der Waals surface area contributed by atoms with Crippen LogP contribution in [-0.2, 0) is 0 Å². The van der Waals surface area contributed by atoms with Crippen molar-refractivity contribution >= 4 is 0 Å². The van der Waals surface area contributed by atoms with Crippen molar-refractivity contribution in [1.29, 1.82) is 10.5 Å². The fraction of sp³-hybridized carbons (Fsp3) is 0.161. The first-order chi connectivity index (χ1) is 19.2. The van der Waals surface area contributed by atoms with Gasteiger partial charge in [-0.25, -0.2) is 19.9 Å². The summed E-state index contributed by atoms with van der Waals surface area (Å²) in [5, 5.41) is 17.5. The fourth-order valence-electron chi connectivity index (χ4n) is 3.09. The van der Waals surface area contributed by atoms with Gasteiger partial charge in [0.1, 0.15) is 13.2 Å². The first-order valence-corrected chi connectivity index (χ1v) is 12.3. The van der Waals surface area contributed by atoms with Gasteiger partial charge in [-0.2, -0.15) is 10.5 Å². The van der Waals surface area contributed by atoms with Crippen LogP contribution in [0.25, 0.3) is 22.8 Å². The molecule has 0 saturated carbocycles. The molecule has 0 spiro atoms. The number of hydrogen-bond donors (Lipinski definition) is 0. The van der Waals surface area contributed by atoms with Crippen LogP contribution in [0.1, 0.15) is 31.4 Å². The second-order valence-electron chi connectivity index (χ2n) is 7.93. The smallest absolute Gasteiger partial charge is 0.159 e. The Labute approximate surface area is 228 Å². The zero-order valence-corrected chi connectivity index (χ0v) is 21.9. The van der Waals surface area contributed by atoms with Crippen LogP contribution in [0.3, 0.4) is 0 Å². The van der Waals surface area contributed by atoms with Gasteiger partial charge in [-0.15, -0.1) is 0 Å². The van der Waals surface area contributed by atoms with E-state index in [9.17, 15) is 0 Å². The lowest BCUT2D eigenvalue weighted by molar-refractivity contribution is 0.359. The maximum atomic E-state index is 8.75. The molecule has 2 aromatic carbocycles. The summed E-state index contributed by atoms with van der Waals surface area (Å²) >= 11 is 0. The minimum Gasteiger partial charge on any atom is -0.486 e. The molecule has 0 radical (unpaired) electrons. The van der Waals surface area contributed by atoms with E-state index in [1.807, 2.05) is 55.5 Å². The molecule has 8 heteroatoms. The van der Waals surface area contributed by atoms with Crippen LogP contribution in [0.2, 0.25) is 0 Å². The van der Waals surface area contributed by atoms with E-state index in [2.05, 4.69) is 39.0 Å². The molecule has 0 bridgehead atoms. The molecule has 4 aromatic rings. The number of nitrogens with zero attached hydrogens (tertiary/aromatic N) is 6. The topological polar surface area (TPSA) is 118 Å². The van der Waals surface area contributed by atoms with Crippen molar-refractivity contribution in [1.82, 2.24) is 19.9 Å². The molecule has 0 N–H and O–H groups in total. The van der Waals surface area contributed by atoms with E-state index in [1.165, 1.54) is 0 Å². The summed E-state index contributed by atoms with van der Waals surface area (Å²) in [7, 11) is 0. The highest BCUT2D eigenvalue weighted by molar-refractivity contribution is 5.57. The van der Waals surface area contributed by atoms with Crippen LogP contribution in [-0.4, -0.2) is 33.1 Å². The van der Waals surface area contributed by atoms with Gasteiger partial charge in [-0.3, -0.25) is 0 Å². The SMILES string of the molecule is CC=CCOc1cnc(-c2ccc(C#N)cc2)nc1.CCC=CCOc1cnc(-c2ccc(C#N)cc2)nc1. The van der Waals surface area contributed by atoms with Crippen LogP contribution in [0.5, 0.6) is 11.5 Å². The monoisotopic (exact) mass is 516 g/mol. The summed E-state index contributed by atoms with van der Waals surface area (Å²) in [6, 6.07) is 18.5. The van der Waals surface area contributed by atoms with E-state index < -0.39 is 0 Å². The molecule has 0 aliphatic heterocycles. The van der Waals surface area contributed by atoms with Crippen molar-refractivity contribution in [3.63, 3.8) is 0 Å². The van der Waals surface area contributed by atoms with E-state index in [4.69, 9.17) is 20.0 Å². The molecule has 0 aliphatic rings. The van der Waals surface area contributed by atoms with Gasteiger partial charge in [0.05, 0.1) is 48.1 Å². The van der Waals surface area contributed by atoms with Crippen molar-refractivity contribution in [3.8, 4) is 46.4 Å². The summed E-state index contributed by atoms with van der Waals surface area (Å²) in [6.45, 7) is 5.04. The fourth-order valence-corrected chi connectivity index (χ4v) is 3.09. The molecular weight excluding hydrogens is 488 g/mol. The Balaban J connectivity index is 0.000000216. The van der Waals surface area contributed by atoms with Gasteiger partial charge in [-0.1, -0.05) is 31.2 Å². The summed E-state index contributed by atoms with van der Waals surface area (Å²) in [6.07, 6.45) is 15.4. The first-order valence-electron chi connectivity index (χ1n) is 12.3. The minimum absolute atomic E-state index is 0.510. The second kappa shape index (κ2) is 15.7. The van der Waals surface area contributed by atoms with Crippen LogP contribution < -0.4 is 9.47 Å². The molecule has 2 heterocycles. The molecule has 0 aliphatic carbocycles. The lowest BCUT2D eigenvalue weighted by Crippen LogP contribution is -1.96. The number of benzene rings is 2. The molecule has 0 fully saturated rings. The van der Waals surface area contributed by atoms with E-state index in [1.54, 1.807) is 49.1 Å². The molecule has 0 saturated heterocycles. The Bertz CT molecular complexity index is 1430. The third kappa shape index (κ3) is 9.23. The summed E-state index contributed by atoms with van der Waals surface area (Å²) in [5.41, 5.74) is 2.99. The van der Waals surface area contributed by atoms with Gasteiger partial charge < -0.3 is 9.47 Å². The molecule has 194 valence electrons. The highest BCUT2D eigenvalue weighted by atomic mass is 16.5. The number of ether oxygens (including phenoxy) is 2. The predicted molar refractivity (Wildman–Crippen MR) is 150 cm³/mol. The third-order valence-electron chi connectivity index (χ3n) is 5.13. The summed E-state index contributed by atoms with van der Waals surface area (Å²) in [5.74, 6) is 2.51. The standard InChI is InChI=1S/C16H15N3O.C15H13N3O/c1-2-3-4-9-20-15-11-18-16(19-12-15)14-7-5-13(10-17)6-8-14;1-2-3-8-19-14-10-17-15(18-11-14)13-6-4-12(9-16)5-7-13/h3-8,11-12H,2,9H2,1H3;2-7,10-11H,8H2,1H3. The van der Waals surface area contributed by atoms with E-state index in [-0.39, 0.29) is 0 Å². The molecular formula is C31H28N6O2. The number of rotatable bonds is 9. The van der Waals surface area contributed by atoms with Gasteiger partial charge in [-0.05, 0) is 61.9 Å². The van der Waals surface area contributed by atoms with Gasteiger partial charge in [0, 0.05) is 11.1 Å². The second-order valence-corrected chi connectivity index (χ2v) is 7.93. The van der Waals surface area contributed by atoms with Crippen LogP contribution in [0, 0.1) is 22.7 Å². The Morgan fingerprint density at radius 1 is 0.641 bits per heavy atom. The Kier molecular flexibility index (Phi) is 11.4. The lowest BCUT2D eigenvalue weighted by Gasteiger charge is -2.04. The molecule has 0 atom stereocenters. The number of allylic oxidation sites excluding steroid dienone is 2. The van der Waals surface area contributed by atoms with Crippen LogP contribution in [0.15, 0.2) is 97.6 Å². The zero-order valence-electron chi connectivity index (χ0n) is 21.9. The first kappa shape index (κ1) is 28.2. The zero-order chi connectivity index (χ0) is 27.7. The Hall–Kier alpha value is -5.34. The molecule has 8 nitrogen and oxygen atoms in total. The van der Waals surface area contributed by atoms with Crippen molar-refractivity contribution in [2.45, 2.75) is 20.3 Å². The molecule has 4 rings (SSSR count). The lowest BCUT2D eigenvalue weighted by atomic mass is 10.1. The molecule has 2 aromatic heterocycles. The van der Waals surface area contributed by atoms with E-state index in [0.29, 0.717) is 47.5 Å². The molecule has 0 unspecified atom stereocenters. The van der Waals surface area contributed by atoms with Gasteiger partial charge >= 0.3 is 0 Å². The highest BCUT2D eigenvalue weighted by Gasteiger charge is 2.03. The number of aromatic nitrogens is 4. The van der Waals surface area contributed by atoms with Crippen molar-refractivity contribution in [2.75, 3.05) is 13.2 Å². The largest absolute Gasteiger partial charge is 0.486 e. The molecule has 39 heavy (non-hydrogen) atoms. The predicted octanol–water partition coefficient (Wildman–Crippen LogP) is 6.33. The summed E-state index contributed by atoms with van der Waals surface area (Å²) in [4.78, 5) is 17.0. The molecule has 0 amide bonds. The van der Waals surface area contributed by atoms with Gasteiger partial charge in [0.2, 0.25) is 0 Å². The quantitative estimate of drug-likeness (QED) is 0.237. The van der Waals surface area contributed by atoms with E-state index >= 15 is 0 Å². The average molecular weight is 517 g/mol. The van der Waals surface area contributed by atoms with Crippen molar-refractivity contribution < 1.29 is 9.47 Å². The maximum absolute atomic E-state index is 8.75. The van der Waals surface area contributed by atoms with Gasteiger partial charge in [0.25, 0.3) is 0 Å². The van der Waals surface area contributed by atoms with Crippen molar-refractivity contribution in [3.05, 3.63) is 109 Å². The van der Waals surface area contributed by atoms with Crippen molar-refractivity contribution in [2.24, 2.45) is 0 Å². The normalized spacial score (nSPS) is 10.4. The Morgan fingerprint density at radius 3 is 1.41 bits per heavy atom. The highest BCUT2D eigenvalue weighted by Crippen LogP contribution is 2.18. The Morgan fingerprint density at radius 2 is 1.05 bits per heavy atom. The van der Waals surface area contributed by atoms with Crippen LogP contribution in [0.4, 0.5) is 0 Å². The van der Waals surface area contributed by atoms with Gasteiger partial charge in [0.15, 0.2) is 23.1 Å². The summed E-state index contributed by atoms with van der Waals surface area (Å²) < 4.78 is 10.9. The maximum Gasteiger partial charge on any atom is 0.159 e. The average Bonchev–Trinajstić information content (AvgIpc) is 3.01. The number of hydrogen-bond acceptors (Lipinski definition) is 8. The van der Waals surface area contributed by atoms with E-state index in [0.717, 1.165) is 17.5 Å². The number of nitriles is 2. The third-order valence-corrected chi connectivity index (χ3v) is 5.13. The minimum atomic E-state index is 0.510.